The zero-order valence-corrected chi connectivity index (χ0v) is 16.7. The van der Waals surface area contributed by atoms with Crippen molar-refractivity contribution in [1.29, 1.82) is 0 Å². The van der Waals surface area contributed by atoms with Gasteiger partial charge in [-0.05, 0) is 42.0 Å². The zero-order chi connectivity index (χ0) is 21.1. The van der Waals surface area contributed by atoms with Gasteiger partial charge in [0.1, 0.15) is 11.6 Å². The van der Waals surface area contributed by atoms with Crippen molar-refractivity contribution >= 4 is 21.6 Å². The SMILES string of the molecule is O=C(NCc1ccccc1)[C@@H]1CN(S(=O)(=O)c2ccc(F)cc2)c2ccccc2O1. The minimum absolute atomic E-state index is 0.0657. The molecule has 0 unspecified atom stereocenters. The molecule has 0 aromatic heterocycles. The topological polar surface area (TPSA) is 75.7 Å². The number of carbonyl (C=O) groups is 1. The van der Waals surface area contributed by atoms with Crippen LogP contribution in [-0.2, 0) is 21.4 Å². The standard InChI is InChI=1S/C22H19FN2O4S/c23-17-10-12-18(13-11-17)30(27,28)25-15-21(29-20-9-5-4-8-19(20)25)22(26)24-14-16-6-2-1-3-7-16/h1-13,21H,14-15H2,(H,24,26)/t21-/m0/s1. The molecule has 6 nitrogen and oxygen atoms in total. The molecule has 30 heavy (non-hydrogen) atoms. The maximum Gasteiger partial charge on any atom is 0.264 e. The van der Waals surface area contributed by atoms with E-state index in [1.807, 2.05) is 30.3 Å². The summed E-state index contributed by atoms with van der Waals surface area (Å²) in [4.78, 5) is 12.7. The number of sulfonamides is 1. The molecule has 1 N–H and O–H groups in total. The fourth-order valence-electron chi connectivity index (χ4n) is 3.20. The van der Waals surface area contributed by atoms with Crippen LogP contribution in [0.25, 0.3) is 0 Å². The van der Waals surface area contributed by atoms with E-state index in [1.54, 1.807) is 24.3 Å². The van der Waals surface area contributed by atoms with E-state index in [9.17, 15) is 17.6 Å². The van der Waals surface area contributed by atoms with Gasteiger partial charge in [0.15, 0.2) is 6.10 Å². The van der Waals surface area contributed by atoms with Crippen LogP contribution in [0.2, 0.25) is 0 Å². The summed E-state index contributed by atoms with van der Waals surface area (Å²) in [6, 6.07) is 20.5. The van der Waals surface area contributed by atoms with Crippen LogP contribution < -0.4 is 14.4 Å². The van der Waals surface area contributed by atoms with Crippen molar-refractivity contribution in [2.24, 2.45) is 0 Å². The fourth-order valence-corrected chi connectivity index (χ4v) is 4.67. The van der Waals surface area contributed by atoms with Crippen molar-refractivity contribution in [3.05, 3.63) is 90.2 Å². The largest absolute Gasteiger partial charge is 0.476 e. The van der Waals surface area contributed by atoms with Gasteiger partial charge in [0.05, 0.1) is 17.1 Å². The number of anilines is 1. The predicted octanol–water partition coefficient (Wildman–Crippen LogP) is 3.10. The molecule has 1 atom stereocenters. The van der Waals surface area contributed by atoms with Crippen molar-refractivity contribution in [1.82, 2.24) is 5.32 Å². The maximum absolute atomic E-state index is 13.3. The molecule has 154 valence electrons. The number of rotatable bonds is 5. The van der Waals surface area contributed by atoms with E-state index in [4.69, 9.17) is 4.74 Å². The van der Waals surface area contributed by atoms with Crippen molar-refractivity contribution < 1.29 is 22.3 Å². The van der Waals surface area contributed by atoms with Gasteiger partial charge in [0, 0.05) is 6.54 Å². The Kier molecular flexibility index (Phi) is 5.41. The number of hydrogen-bond acceptors (Lipinski definition) is 4. The monoisotopic (exact) mass is 426 g/mol. The highest BCUT2D eigenvalue weighted by atomic mass is 32.2. The molecule has 0 bridgehead atoms. The number of para-hydroxylation sites is 2. The minimum Gasteiger partial charge on any atom is -0.476 e. The van der Waals surface area contributed by atoms with Gasteiger partial charge in [-0.2, -0.15) is 0 Å². The Hall–Kier alpha value is -3.39. The van der Waals surface area contributed by atoms with Crippen LogP contribution in [-0.4, -0.2) is 27.0 Å². The lowest BCUT2D eigenvalue weighted by molar-refractivity contribution is -0.127. The molecule has 1 aliphatic rings. The third kappa shape index (κ3) is 3.99. The molecule has 8 heteroatoms. The summed E-state index contributed by atoms with van der Waals surface area (Å²) in [7, 11) is -4.02. The Labute approximate surface area is 174 Å². The van der Waals surface area contributed by atoms with Crippen molar-refractivity contribution in [2.45, 2.75) is 17.5 Å². The summed E-state index contributed by atoms with van der Waals surface area (Å²) in [5, 5.41) is 2.78. The van der Waals surface area contributed by atoms with E-state index >= 15 is 0 Å². The lowest BCUT2D eigenvalue weighted by Crippen LogP contribution is -2.50. The van der Waals surface area contributed by atoms with Crippen LogP contribution >= 0.6 is 0 Å². The Morgan fingerprint density at radius 2 is 1.67 bits per heavy atom. The van der Waals surface area contributed by atoms with Gasteiger partial charge in [0.2, 0.25) is 0 Å². The summed E-state index contributed by atoms with van der Waals surface area (Å²) in [6.45, 7) is 0.100. The molecule has 3 aromatic carbocycles. The van der Waals surface area contributed by atoms with Crippen LogP contribution in [0.3, 0.4) is 0 Å². The van der Waals surface area contributed by atoms with Gasteiger partial charge < -0.3 is 10.1 Å². The summed E-state index contributed by atoms with van der Waals surface area (Å²) >= 11 is 0. The Bertz CT molecular complexity index is 1150. The molecule has 1 aliphatic heterocycles. The number of hydrogen-bond donors (Lipinski definition) is 1. The average molecular weight is 426 g/mol. The summed E-state index contributed by atoms with van der Waals surface area (Å²) in [5.41, 5.74) is 1.24. The first-order chi connectivity index (χ1) is 14.4. The van der Waals surface area contributed by atoms with Gasteiger partial charge in [-0.15, -0.1) is 0 Å². The first-order valence-corrected chi connectivity index (χ1v) is 10.7. The number of benzene rings is 3. The third-order valence-corrected chi connectivity index (χ3v) is 6.53. The summed E-state index contributed by atoms with van der Waals surface area (Å²) in [6.07, 6.45) is -1.03. The molecule has 0 radical (unpaired) electrons. The number of nitrogens with one attached hydrogen (secondary N) is 1. The number of ether oxygens (including phenoxy) is 1. The first-order valence-electron chi connectivity index (χ1n) is 9.31. The molecular formula is C22H19FN2O4S. The Morgan fingerprint density at radius 1 is 1.00 bits per heavy atom. The van der Waals surface area contributed by atoms with E-state index in [2.05, 4.69) is 5.32 Å². The number of amides is 1. The van der Waals surface area contributed by atoms with E-state index in [0.717, 1.165) is 22.0 Å². The fraction of sp³-hybridized carbons (Fsp3) is 0.136. The molecule has 1 amide bonds. The normalized spacial score (nSPS) is 15.8. The highest BCUT2D eigenvalue weighted by molar-refractivity contribution is 7.92. The minimum atomic E-state index is -4.02. The highest BCUT2D eigenvalue weighted by Gasteiger charge is 2.37. The van der Waals surface area contributed by atoms with Crippen LogP contribution in [0.15, 0.2) is 83.8 Å². The summed E-state index contributed by atoms with van der Waals surface area (Å²) in [5.74, 6) is -0.670. The molecular weight excluding hydrogens is 407 g/mol. The van der Waals surface area contributed by atoms with Gasteiger partial charge >= 0.3 is 0 Å². The average Bonchev–Trinajstić information content (AvgIpc) is 2.77. The zero-order valence-electron chi connectivity index (χ0n) is 15.9. The van der Waals surface area contributed by atoms with Crippen LogP contribution in [0.4, 0.5) is 10.1 Å². The van der Waals surface area contributed by atoms with E-state index in [0.29, 0.717) is 12.2 Å². The number of nitrogens with zero attached hydrogens (tertiary/aromatic N) is 1. The van der Waals surface area contributed by atoms with Gasteiger partial charge in [-0.25, -0.2) is 12.8 Å². The second-order valence-electron chi connectivity index (χ2n) is 6.77. The third-order valence-electron chi connectivity index (χ3n) is 4.74. The van der Waals surface area contributed by atoms with Crippen LogP contribution in [0.5, 0.6) is 5.75 Å². The molecule has 0 spiro atoms. The van der Waals surface area contributed by atoms with Crippen molar-refractivity contribution in [3.63, 3.8) is 0 Å². The second kappa shape index (κ2) is 8.16. The number of carbonyl (C=O) groups excluding carboxylic acids is 1. The van der Waals surface area contributed by atoms with Gasteiger partial charge in [-0.3, -0.25) is 9.10 Å². The number of halogens is 1. The molecule has 3 aromatic rings. The highest BCUT2D eigenvalue weighted by Crippen LogP contribution is 2.36. The molecule has 0 saturated heterocycles. The molecule has 1 heterocycles. The molecule has 0 aliphatic carbocycles. The van der Waals surface area contributed by atoms with Crippen molar-refractivity contribution in [2.75, 3.05) is 10.8 Å². The molecule has 0 fully saturated rings. The van der Waals surface area contributed by atoms with Crippen LogP contribution in [0.1, 0.15) is 5.56 Å². The Morgan fingerprint density at radius 3 is 2.40 bits per heavy atom. The molecule has 0 saturated carbocycles. The Balaban J connectivity index is 1.60. The maximum atomic E-state index is 13.3. The van der Waals surface area contributed by atoms with E-state index in [1.165, 1.54) is 12.1 Å². The van der Waals surface area contributed by atoms with E-state index < -0.39 is 27.9 Å². The smallest absolute Gasteiger partial charge is 0.264 e. The first kappa shape index (κ1) is 19.9. The van der Waals surface area contributed by atoms with Crippen molar-refractivity contribution in [3.8, 4) is 5.75 Å². The van der Waals surface area contributed by atoms with Crippen LogP contribution in [0, 0.1) is 5.82 Å². The second-order valence-corrected chi connectivity index (χ2v) is 8.63. The lowest BCUT2D eigenvalue weighted by atomic mass is 10.2. The molecule has 4 rings (SSSR count). The van der Waals surface area contributed by atoms with Gasteiger partial charge in [0.25, 0.3) is 15.9 Å². The quantitative estimate of drug-likeness (QED) is 0.680. The predicted molar refractivity (Wildman–Crippen MR) is 110 cm³/mol. The number of fused-ring (bicyclic) bond motifs is 1. The summed E-state index contributed by atoms with van der Waals surface area (Å²) < 4.78 is 46.6. The van der Waals surface area contributed by atoms with Gasteiger partial charge in [-0.1, -0.05) is 42.5 Å². The lowest BCUT2D eigenvalue weighted by Gasteiger charge is -2.34. The van der Waals surface area contributed by atoms with E-state index in [-0.39, 0.29) is 17.2 Å².